The van der Waals surface area contributed by atoms with Crippen molar-refractivity contribution in [2.75, 3.05) is 16.4 Å². The second-order valence-corrected chi connectivity index (χ2v) is 9.24. The van der Waals surface area contributed by atoms with Gasteiger partial charge in [-0.2, -0.15) is 9.97 Å². The van der Waals surface area contributed by atoms with E-state index in [0.717, 1.165) is 53.7 Å². The Hall–Kier alpha value is -3.65. The molecule has 4 aromatic rings. The molecule has 2 heterocycles. The maximum Gasteiger partial charge on any atom is 0.227 e. The number of hydrogen-bond donors (Lipinski definition) is 4. The molecular weight excluding hydrogens is 424 g/mol. The van der Waals surface area contributed by atoms with E-state index in [2.05, 4.69) is 44.5 Å². The molecule has 8 heteroatoms. The second-order valence-electron chi connectivity index (χ2n) is 9.24. The molecule has 34 heavy (non-hydrogen) atoms. The minimum atomic E-state index is 0.297. The van der Waals surface area contributed by atoms with Crippen LogP contribution < -0.4 is 22.1 Å². The van der Waals surface area contributed by atoms with Crippen molar-refractivity contribution in [2.45, 2.75) is 57.8 Å². The van der Waals surface area contributed by atoms with Crippen molar-refractivity contribution in [1.29, 1.82) is 0 Å². The van der Waals surface area contributed by atoms with Crippen LogP contribution in [0.15, 0.2) is 54.9 Å². The van der Waals surface area contributed by atoms with Crippen LogP contribution in [0.4, 0.5) is 17.5 Å². The lowest BCUT2D eigenvalue weighted by molar-refractivity contribution is 0.410. The molecule has 0 aliphatic heterocycles. The van der Waals surface area contributed by atoms with E-state index in [1.165, 1.54) is 5.56 Å². The van der Waals surface area contributed by atoms with E-state index in [0.29, 0.717) is 36.9 Å². The predicted octanol–water partition coefficient (Wildman–Crippen LogP) is 4.06. The fraction of sp³-hybridized carbons (Fsp3) is 0.346. The largest absolute Gasteiger partial charge is 0.398 e. The van der Waals surface area contributed by atoms with Gasteiger partial charge in [-0.3, -0.25) is 0 Å². The van der Waals surface area contributed by atoms with E-state index in [1.54, 1.807) is 0 Å². The standard InChI is InChI=1S/C26H32N8/c1-17-7-8-19(22(28)13-17)14-29-24-23-25(34(16-30-23)15-18-5-3-2-4-6-18)33-26(32-24)31-21-11-9-20(27)10-12-21/h2-8,13,16,20-21H,9-12,14-15,27-28H2,1H3,(H2,29,31,32,33). The molecule has 1 fully saturated rings. The summed E-state index contributed by atoms with van der Waals surface area (Å²) in [6.07, 6.45) is 5.91. The fourth-order valence-corrected chi connectivity index (χ4v) is 4.53. The lowest BCUT2D eigenvalue weighted by Gasteiger charge is -2.26. The van der Waals surface area contributed by atoms with Gasteiger partial charge in [0.2, 0.25) is 5.95 Å². The normalized spacial score (nSPS) is 18.2. The molecule has 8 nitrogen and oxygen atoms in total. The highest BCUT2D eigenvalue weighted by molar-refractivity contribution is 5.84. The number of rotatable bonds is 7. The van der Waals surface area contributed by atoms with Crippen molar-refractivity contribution in [3.63, 3.8) is 0 Å². The van der Waals surface area contributed by atoms with Gasteiger partial charge < -0.3 is 26.7 Å². The van der Waals surface area contributed by atoms with E-state index in [-0.39, 0.29) is 0 Å². The first kappa shape index (κ1) is 22.2. The van der Waals surface area contributed by atoms with E-state index < -0.39 is 0 Å². The van der Waals surface area contributed by atoms with Gasteiger partial charge in [0.15, 0.2) is 17.0 Å². The van der Waals surface area contributed by atoms with E-state index in [9.17, 15) is 0 Å². The number of nitrogens with two attached hydrogens (primary N) is 2. The molecule has 0 atom stereocenters. The number of fused-ring (bicyclic) bond motifs is 1. The summed E-state index contributed by atoms with van der Waals surface area (Å²) in [4.78, 5) is 14.3. The molecule has 176 valence electrons. The van der Waals surface area contributed by atoms with Crippen LogP contribution in [0.25, 0.3) is 11.2 Å². The van der Waals surface area contributed by atoms with E-state index >= 15 is 0 Å². The summed E-state index contributed by atoms with van der Waals surface area (Å²) in [7, 11) is 0. The molecule has 1 saturated carbocycles. The molecule has 1 aliphatic carbocycles. The van der Waals surface area contributed by atoms with E-state index in [1.807, 2.05) is 37.5 Å². The third kappa shape index (κ3) is 4.97. The molecule has 0 spiro atoms. The number of nitrogens with one attached hydrogen (secondary N) is 2. The zero-order valence-corrected chi connectivity index (χ0v) is 19.5. The lowest BCUT2D eigenvalue weighted by Crippen LogP contribution is -2.33. The number of nitrogens with zero attached hydrogens (tertiary/aromatic N) is 4. The van der Waals surface area contributed by atoms with Crippen LogP contribution in [0.1, 0.15) is 42.4 Å². The Labute approximate surface area is 199 Å². The third-order valence-corrected chi connectivity index (χ3v) is 6.51. The van der Waals surface area contributed by atoms with Crippen molar-refractivity contribution < 1.29 is 0 Å². The first-order valence-corrected chi connectivity index (χ1v) is 11.9. The zero-order valence-electron chi connectivity index (χ0n) is 19.5. The summed E-state index contributed by atoms with van der Waals surface area (Å²) in [5.74, 6) is 1.31. The van der Waals surface area contributed by atoms with E-state index in [4.69, 9.17) is 21.4 Å². The molecule has 2 aromatic carbocycles. The molecule has 5 rings (SSSR count). The van der Waals surface area contributed by atoms with Crippen molar-refractivity contribution in [1.82, 2.24) is 19.5 Å². The molecule has 2 aromatic heterocycles. The molecular formula is C26H32N8. The molecule has 0 bridgehead atoms. The van der Waals surface area contributed by atoms with Crippen molar-refractivity contribution in [3.8, 4) is 0 Å². The second kappa shape index (κ2) is 9.69. The average Bonchev–Trinajstić information content (AvgIpc) is 3.23. The maximum absolute atomic E-state index is 6.24. The lowest BCUT2D eigenvalue weighted by atomic mass is 9.92. The average molecular weight is 457 g/mol. The summed E-state index contributed by atoms with van der Waals surface area (Å²) < 4.78 is 2.07. The van der Waals surface area contributed by atoms with Crippen LogP contribution in [0.3, 0.4) is 0 Å². The Kier molecular flexibility index (Phi) is 6.31. The SMILES string of the molecule is Cc1ccc(CNc2nc(NC3CCC(N)CC3)nc3c2ncn3Cc2ccccc2)c(N)c1. The summed E-state index contributed by atoms with van der Waals surface area (Å²) in [6.45, 7) is 3.29. The third-order valence-electron chi connectivity index (χ3n) is 6.51. The predicted molar refractivity (Wildman–Crippen MR) is 138 cm³/mol. The molecule has 6 N–H and O–H groups in total. The molecule has 0 amide bonds. The summed E-state index contributed by atoms with van der Waals surface area (Å²) in [5.41, 5.74) is 18.0. The van der Waals surface area contributed by atoms with Gasteiger partial charge in [0.05, 0.1) is 12.9 Å². The topological polar surface area (TPSA) is 120 Å². The van der Waals surface area contributed by atoms with Gasteiger partial charge in [-0.1, -0.05) is 42.5 Å². The molecule has 0 saturated heterocycles. The highest BCUT2D eigenvalue weighted by Gasteiger charge is 2.21. The fourth-order valence-electron chi connectivity index (χ4n) is 4.53. The van der Waals surface area contributed by atoms with Crippen LogP contribution in [0.5, 0.6) is 0 Å². The highest BCUT2D eigenvalue weighted by Crippen LogP contribution is 2.26. The summed E-state index contributed by atoms with van der Waals surface area (Å²) in [6, 6.07) is 17.1. The zero-order chi connectivity index (χ0) is 23.5. The first-order chi connectivity index (χ1) is 16.5. The monoisotopic (exact) mass is 456 g/mol. The van der Waals surface area contributed by atoms with Crippen molar-refractivity contribution in [3.05, 3.63) is 71.5 Å². The van der Waals surface area contributed by atoms with Crippen molar-refractivity contribution >= 4 is 28.6 Å². The number of imidazole rings is 1. The number of nitrogen functional groups attached to an aromatic ring is 1. The Morgan fingerprint density at radius 3 is 2.59 bits per heavy atom. The number of benzene rings is 2. The number of aryl methyl sites for hydroxylation is 1. The van der Waals surface area contributed by atoms with Crippen LogP contribution in [-0.2, 0) is 13.1 Å². The quantitative estimate of drug-likeness (QED) is 0.310. The van der Waals surface area contributed by atoms with Gasteiger partial charge >= 0.3 is 0 Å². The number of aromatic nitrogens is 4. The molecule has 1 aliphatic rings. The van der Waals surface area contributed by atoms with Crippen LogP contribution in [0, 0.1) is 6.92 Å². The van der Waals surface area contributed by atoms with Gasteiger partial charge in [0.1, 0.15) is 0 Å². The van der Waals surface area contributed by atoms with Crippen LogP contribution in [-0.4, -0.2) is 31.6 Å². The molecule has 0 radical (unpaired) electrons. The van der Waals surface area contributed by atoms with Crippen LogP contribution in [0.2, 0.25) is 0 Å². The van der Waals surface area contributed by atoms with Gasteiger partial charge in [-0.15, -0.1) is 0 Å². The Morgan fingerprint density at radius 1 is 1.03 bits per heavy atom. The Bertz CT molecular complexity index is 1260. The smallest absolute Gasteiger partial charge is 0.227 e. The van der Waals surface area contributed by atoms with Gasteiger partial charge in [-0.25, -0.2) is 4.98 Å². The molecule has 0 unspecified atom stereocenters. The summed E-state index contributed by atoms with van der Waals surface area (Å²) >= 11 is 0. The highest BCUT2D eigenvalue weighted by atomic mass is 15.2. The maximum atomic E-state index is 6.24. The van der Waals surface area contributed by atoms with Gasteiger partial charge in [0, 0.05) is 24.3 Å². The Balaban J connectivity index is 1.46. The minimum Gasteiger partial charge on any atom is -0.398 e. The Morgan fingerprint density at radius 2 is 1.82 bits per heavy atom. The van der Waals surface area contributed by atoms with Crippen molar-refractivity contribution in [2.24, 2.45) is 5.73 Å². The first-order valence-electron chi connectivity index (χ1n) is 11.9. The minimum absolute atomic E-state index is 0.297. The van der Waals surface area contributed by atoms with Gasteiger partial charge in [-0.05, 0) is 55.4 Å². The summed E-state index contributed by atoms with van der Waals surface area (Å²) in [5, 5.41) is 7.01. The number of anilines is 3. The van der Waals surface area contributed by atoms with Gasteiger partial charge in [0.25, 0.3) is 0 Å². The van der Waals surface area contributed by atoms with Crippen LogP contribution >= 0.6 is 0 Å². The number of hydrogen-bond acceptors (Lipinski definition) is 7.